The molecule has 7 nitrogen and oxygen atoms in total. The van der Waals surface area contributed by atoms with Gasteiger partial charge >= 0.3 is 12.1 Å². The molecule has 0 fully saturated rings. The van der Waals surface area contributed by atoms with Crippen LogP contribution in [-0.2, 0) is 14.3 Å². The maximum absolute atomic E-state index is 12.9. The van der Waals surface area contributed by atoms with E-state index >= 15 is 0 Å². The third kappa shape index (κ3) is 6.84. The van der Waals surface area contributed by atoms with Crippen LogP contribution in [0.25, 0.3) is 11.1 Å². The Kier molecular flexibility index (Phi) is 9.29. The van der Waals surface area contributed by atoms with Crippen molar-refractivity contribution in [2.24, 2.45) is 11.8 Å². The first-order chi connectivity index (χ1) is 16.8. The second-order valence-corrected chi connectivity index (χ2v) is 9.50. The topological polar surface area (TPSA) is 105 Å². The van der Waals surface area contributed by atoms with Crippen molar-refractivity contribution in [3.05, 3.63) is 59.7 Å². The number of unbranched alkanes of at least 4 members (excludes halogenated alkanes) is 1. The van der Waals surface area contributed by atoms with E-state index in [-0.39, 0.29) is 37.3 Å². The molecule has 1 aliphatic rings. The Labute approximate surface area is 207 Å². The molecular formula is C28H36N2O5. The van der Waals surface area contributed by atoms with Crippen LogP contribution in [0, 0.1) is 11.8 Å². The molecule has 0 saturated carbocycles. The van der Waals surface area contributed by atoms with Gasteiger partial charge in [0.1, 0.15) is 6.61 Å². The van der Waals surface area contributed by atoms with Crippen molar-refractivity contribution >= 4 is 18.0 Å². The van der Waals surface area contributed by atoms with E-state index in [2.05, 4.69) is 34.9 Å². The first-order valence-corrected chi connectivity index (χ1v) is 12.4. The summed E-state index contributed by atoms with van der Waals surface area (Å²) in [4.78, 5) is 36.6. The van der Waals surface area contributed by atoms with Crippen molar-refractivity contribution in [2.45, 2.75) is 58.4 Å². The van der Waals surface area contributed by atoms with Crippen LogP contribution in [0.15, 0.2) is 48.5 Å². The van der Waals surface area contributed by atoms with Gasteiger partial charge in [0, 0.05) is 18.5 Å². The van der Waals surface area contributed by atoms with Crippen molar-refractivity contribution in [1.82, 2.24) is 10.6 Å². The molecule has 2 aromatic carbocycles. The summed E-state index contributed by atoms with van der Waals surface area (Å²) in [5.41, 5.74) is 4.59. The van der Waals surface area contributed by atoms with E-state index in [0.29, 0.717) is 6.42 Å². The molecule has 2 amide bonds. The largest absolute Gasteiger partial charge is 0.481 e. The number of ether oxygens (including phenoxy) is 1. The van der Waals surface area contributed by atoms with Gasteiger partial charge in [-0.3, -0.25) is 9.59 Å². The van der Waals surface area contributed by atoms with Gasteiger partial charge in [-0.2, -0.15) is 0 Å². The van der Waals surface area contributed by atoms with E-state index in [4.69, 9.17) is 9.84 Å². The molecule has 0 heterocycles. The van der Waals surface area contributed by atoms with Gasteiger partial charge in [0.2, 0.25) is 5.91 Å². The molecule has 3 N–H and O–H groups in total. The Bertz CT molecular complexity index is 990. The van der Waals surface area contributed by atoms with Crippen LogP contribution >= 0.6 is 0 Å². The molecule has 2 atom stereocenters. The number of hydrogen-bond donors (Lipinski definition) is 3. The molecule has 188 valence electrons. The molecule has 1 aliphatic carbocycles. The summed E-state index contributed by atoms with van der Waals surface area (Å²) in [5.74, 6) is -1.76. The van der Waals surface area contributed by atoms with Crippen LogP contribution in [0.3, 0.4) is 0 Å². The second kappa shape index (κ2) is 12.4. The van der Waals surface area contributed by atoms with Gasteiger partial charge in [0.15, 0.2) is 0 Å². The lowest BCUT2D eigenvalue weighted by Crippen LogP contribution is -2.45. The zero-order chi connectivity index (χ0) is 25.4. The van der Waals surface area contributed by atoms with Crippen molar-refractivity contribution < 1.29 is 24.2 Å². The quantitative estimate of drug-likeness (QED) is 0.399. The zero-order valence-electron chi connectivity index (χ0n) is 20.8. The van der Waals surface area contributed by atoms with E-state index in [9.17, 15) is 14.4 Å². The number of alkyl carbamates (subject to hydrolysis) is 1. The highest BCUT2D eigenvalue weighted by atomic mass is 16.5. The third-order valence-electron chi connectivity index (χ3n) is 6.63. The molecule has 0 spiro atoms. The summed E-state index contributed by atoms with van der Waals surface area (Å²) in [5, 5.41) is 14.8. The van der Waals surface area contributed by atoms with Gasteiger partial charge in [-0.05, 0) is 34.6 Å². The molecule has 0 aliphatic heterocycles. The highest BCUT2D eigenvalue weighted by molar-refractivity contribution is 5.81. The summed E-state index contributed by atoms with van der Waals surface area (Å²) < 4.78 is 5.58. The van der Waals surface area contributed by atoms with Crippen LogP contribution < -0.4 is 10.6 Å². The van der Waals surface area contributed by atoms with Crippen molar-refractivity contribution in [2.75, 3.05) is 13.2 Å². The number of hydrogen-bond acceptors (Lipinski definition) is 4. The van der Waals surface area contributed by atoms with Gasteiger partial charge in [-0.1, -0.05) is 82.1 Å². The van der Waals surface area contributed by atoms with Crippen LogP contribution in [0.2, 0.25) is 0 Å². The molecule has 0 saturated heterocycles. The minimum absolute atomic E-state index is 0.0345. The fraction of sp³-hybridized carbons (Fsp3) is 0.464. The standard InChI is InChI=1S/C28H36N2O5/c1-4-5-10-19(15-26(31)32)30-27(33)24(18(2)3)16-29-28(34)35-17-25-22-13-8-6-11-20(22)21-12-7-9-14-23(21)25/h6-9,11-14,18-19,24-25H,4-5,10,15-17H2,1-3H3,(H,29,34)(H,30,33)(H,31,32). The number of benzene rings is 2. The Hall–Kier alpha value is -3.35. The maximum Gasteiger partial charge on any atom is 0.407 e. The molecular weight excluding hydrogens is 444 g/mol. The monoisotopic (exact) mass is 480 g/mol. The summed E-state index contributed by atoms with van der Waals surface area (Å²) in [6.07, 6.45) is 1.68. The first-order valence-electron chi connectivity index (χ1n) is 12.4. The van der Waals surface area contributed by atoms with Crippen molar-refractivity contribution in [3.63, 3.8) is 0 Å². The number of nitrogens with one attached hydrogen (secondary N) is 2. The lowest BCUT2D eigenvalue weighted by molar-refractivity contribution is -0.138. The normalized spacial score (nSPS) is 14.1. The van der Waals surface area contributed by atoms with Crippen LogP contribution in [0.4, 0.5) is 4.79 Å². The Morgan fingerprint density at radius 3 is 2.14 bits per heavy atom. The smallest absolute Gasteiger partial charge is 0.407 e. The van der Waals surface area contributed by atoms with Gasteiger partial charge in [0.25, 0.3) is 0 Å². The Morgan fingerprint density at radius 1 is 1.00 bits per heavy atom. The fourth-order valence-electron chi connectivity index (χ4n) is 4.67. The summed E-state index contributed by atoms with van der Waals surface area (Å²) in [6.45, 7) is 6.16. The minimum atomic E-state index is -0.940. The number of rotatable bonds is 12. The second-order valence-electron chi connectivity index (χ2n) is 9.50. The molecule has 35 heavy (non-hydrogen) atoms. The molecule has 2 unspecified atom stereocenters. The van der Waals surface area contributed by atoms with E-state index in [1.165, 1.54) is 0 Å². The van der Waals surface area contributed by atoms with Gasteiger partial charge < -0.3 is 20.5 Å². The summed E-state index contributed by atoms with van der Waals surface area (Å²) in [7, 11) is 0. The van der Waals surface area contributed by atoms with E-state index < -0.39 is 24.0 Å². The number of carbonyl (C=O) groups is 3. The molecule has 7 heteroatoms. The first kappa shape index (κ1) is 26.3. The zero-order valence-corrected chi connectivity index (χ0v) is 20.8. The Morgan fingerprint density at radius 2 is 1.60 bits per heavy atom. The van der Waals surface area contributed by atoms with Crippen molar-refractivity contribution in [1.29, 1.82) is 0 Å². The lowest BCUT2D eigenvalue weighted by Gasteiger charge is -2.24. The highest BCUT2D eigenvalue weighted by Gasteiger charge is 2.30. The van der Waals surface area contributed by atoms with E-state index in [1.54, 1.807) is 0 Å². The van der Waals surface area contributed by atoms with Crippen LogP contribution in [-0.4, -0.2) is 42.3 Å². The number of aliphatic carboxylic acids is 1. The lowest BCUT2D eigenvalue weighted by atomic mass is 9.94. The predicted octanol–water partition coefficient (Wildman–Crippen LogP) is 4.95. The predicted molar refractivity (Wildman–Crippen MR) is 135 cm³/mol. The molecule has 0 aromatic heterocycles. The van der Waals surface area contributed by atoms with Gasteiger partial charge in [-0.15, -0.1) is 0 Å². The fourth-order valence-corrected chi connectivity index (χ4v) is 4.67. The summed E-state index contributed by atoms with van der Waals surface area (Å²) in [6, 6.07) is 15.9. The Balaban J connectivity index is 1.56. The third-order valence-corrected chi connectivity index (χ3v) is 6.63. The van der Waals surface area contributed by atoms with Gasteiger partial charge in [-0.25, -0.2) is 4.79 Å². The average Bonchev–Trinajstić information content (AvgIpc) is 3.14. The van der Waals surface area contributed by atoms with Crippen LogP contribution in [0.5, 0.6) is 0 Å². The highest BCUT2D eigenvalue weighted by Crippen LogP contribution is 2.44. The number of carboxylic acid groups (broad SMARTS) is 1. The summed E-state index contributed by atoms with van der Waals surface area (Å²) >= 11 is 0. The molecule has 2 aromatic rings. The molecule has 0 radical (unpaired) electrons. The average molecular weight is 481 g/mol. The van der Waals surface area contributed by atoms with E-state index in [0.717, 1.165) is 35.1 Å². The molecule has 3 rings (SSSR count). The van der Waals surface area contributed by atoms with Crippen molar-refractivity contribution in [3.8, 4) is 11.1 Å². The van der Waals surface area contributed by atoms with Crippen LogP contribution in [0.1, 0.15) is 63.5 Å². The van der Waals surface area contributed by atoms with Gasteiger partial charge in [0.05, 0.1) is 12.3 Å². The number of carbonyl (C=O) groups excluding carboxylic acids is 2. The SMILES string of the molecule is CCCCC(CC(=O)O)NC(=O)C(CNC(=O)OCC1c2ccccc2-c2ccccc21)C(C)C. The minimum Gasteiger partial charge on any atom is -0.481 e. The molecule has 0 bridgehead atoms. The number of carboxylic acids is 1. The number of fused-ring (bicyclic) bond motifs is 3. The number of amides is 2. The maximum atomic E-state index is 12.9. The van der Waals surface area contributed by atoms with E-state index in [1.807, 2.05) is 45.0 Å².